The van der Waals surface area contributed by atoms with Gasteiger partial charge in [0, 0.05) is 106 Å². The van der Waals surface area contributed by atoms with Crippen LogP contribution in [0.25, 0.3) is 33.4 Å². The molecule has 382 valence electrons. The van der Waals surface area contributed by atoms with Gasteiger partial charge in [0.15, 0.2) is 5.43 Å². The predicted octanol–water partition coefficient (Wildman–Crippen LogP) is 3.57. The number of amides is 2. The van der Waals surface area contributed by atoms with Crippen molar-refractivity contribution in [1.82, 2.24) is 54.7 Å². The number of nitrogens with zero attached hydrogens (tertiary/aromatic N) is 13. The fourth-order valence-corrected chi connectivity index (χ4v) is 9.36. The monoisotopic (exact) mass is 997 g/mol. The first-order valence-electron chi connectivity index (χ1n) is 24.6. The van der Waals surface area contributed by atoms with Crippen LogP contribution in [-0.4, -0.2) is 153 Å². The molecule has 3 aromatic heterocycles. The molecule has 9 rings (SSSR count). The maximum Gasteiger partial charge on any atom is 0.336 e. The zero-order valence-electron chi connectivity index (χ0n) is 41.0. The van der Waals surface area contributed by atoms with Gasteiger partial charge in [-0.1, -0.05) is 36.8 Å². The zero-order chi connectivity index (χ0) is 51.3. The average Bonchev–Trinajstić information content (AvgIpc) is 4.04. The summed E-state index contributed by atoms with van der Waals surface area (Å²) in [6.07, 6.45) is 6.53. The van der Waals surface area contributed by atoms with E-state index in [9.17, 15) is 34.5 Å². The number of carboxylic acids is 1. The number of aliphatic hydroxyl groups excluding tert-OH is 1. The van der Waals surface area contributed by atoms with Gasteiger partial charge in [-0.3, -0.25) is 14.4 Å². The minimum atomic E-state index is -1.22. The number of aliphatic hydroxyl groups is 1. The fraction of sp³-hybridized carbons (Fsp3) is 0.420. The Bertz CT molecular complexity index is 3140. The molecule has 0 radical (unpaired) electrons. The molecule has 4 aliphatic rings. The number of carbonyl (C=O) groups is 3. The van der Waals surface area contributed by atoms with E-state index >= 15 is 0 Å². The predicted molar refractivity (Wildman–Crippen MR) is 270 cm³/mol. The summed E-state index contributed by atoms with van der Waals surface area (Å²) in [6.45, 7) is 9.45. The highest BCUT2D eigenvalue weighted by Gasteiger charge is 2.34. The van der Waals surface area contributed by atoms with Gasteiger partial charge < -0.3 is 50.4 Å². The minimum Gasteiger partial charge on any atom is -0.508 e. The number of aryl methyl sites for hydroxylation is 1. The third-order valence-electron chi connectivity index (χ3n) is 13.4. The van der Waals surface area contributed by atoms with Crippen LogP contribution in [0.4, 0.5) is 23.5 Å². The average molecular weight is 998 g/mol. The minimum absolute atomic E-state index is 0.00471. The van der Waals surface area contributed by atoms with Gasteiger partial charge in [-0.15, -0.1) is 10.2 Å². The highest BCUT2D eigenvalue weighted by Crippen LogP contribution is 2.42. The number of aromatic hydroxyl groups is 1. The van der Waals surface area contributed by atoms with Crippen LogP contribution in [0.15, 0.2) is 76.2 Å². The van der Waals surface area contributed by atoms with Crippen molar-refractivity contribution >= 4 is 52.3 Å². The summed E-state index contributed by atoms with van der Waals surface area (Å²) < 4.78 is 9.18. The first-order valence-corrected chi connectivity index (χ1v) is 24.6. The van der Waals surface area contributed by atoms with Crippen LogP contribution >= 0.6 is 0 Å². The van der Waals surface area contributed by atoms with Gasteiger partial charge in [0.2, 0.25) is 29.7 Å². The fourth-order valence-electron chi connectivity index (χ4n) is 9.36. The SMILES string of the molecule is CC[C@H](C)[C@@H](C(=O)N1CCN(c2nc(Nc3ccc(-c4c5ccc(=O)cc-5oc5cc(O)ccc45)c(C(=O)O)c3)nc(N3CCN(C(=O)Cn4cc(CC(C)O)nn4)CC3)n2)CC1)n1cc(CCCCN)nn1. The normalized spacial score (nSPS) is 15.5. The Morgan fingerprint density at radius 2 is 1.51 bits per heavy atom. The second-order valence-electron chi connectivity index (χ2n) is 18.7. The standard InChI is InChI=1S/C50H59N15O8/c1-4-30(2)45(65-28-33(56-59-65)7-5-6-14-51)46(70)61-17-21-63(22-18-61)50-54-48(53-49(55-50)62-19-15-60(16-20-62)43(69)29-64-27-34(57-58-64)23-31(3)66)52-32-8-11-37(40(24-32)47(71)72)44-38-12-9-35(67)25-41(38)73-42-26-36(68)10-13-39(42)44/h8-13,24-28,30-31,45,66-67H,4-7,14-23,29,51H2,1-3H3,(H,71,72)(H,52,53,54,55)/t30-,31?,45-/m0/s1. The number of nitrogens with two attached hydrogens (primary N) is 1. The summed E-state index contributed by atoms with van der Waals surface area (Å²) in [4.78, 5) is 75.5. The van der Waals surface area contributed by atoms with Crippen molar-refractivity contribution in [2.75, 3.05) is 74.0 Å². The van der Waals surface area contributed by atoms with Crippen molar-refractivity contribution in [3.63, 3.8) is 0 Å². The number of piperazine rings is 2. The number of hydrogen-bond donors (Lipinski definition) is 5. The number of carbonyl (C=O) groups excluding carboxylic acids is 2. The molecule has 2 aromatic carbocycles. The number of nitrogens with one attached hydrogen (secondary N) is 1. The number of phenolic OH excluding ortho intramolecular Hbond substituents is 1. The third-order valence-corrected chi connectivity index (χ3v) is 13.4. The van der Waals surface area contributed by atoms with Crippen molar-refractivity contribution in [3.05, 3.63) is 94.2 Å². The number of unbranched alkanes of at least 4 members (excludes halogenated alkanes) is 1. The Balaban J connectivity index is 0.985. The number of anilines is 4. The van der Waals surface area contributed by atoms with Crippen LogP contribution in [-0.2, 0) is 29.0 Å². The summed E-state index contributed by atoms with van der Waals surface area (Å²) in [5.74, 6) is -0.421. The van der Waals surface area contributed by atoms with E-state index in [-0.39, 0.29) is 58.3 Å². The summed E-state index contributed by atoms with van der Waals surface area (Å²) in [7, 11) is 0. The second-order valence-corrected chi connectivity index (χ2v) is 18.7. The molecule has 1 aliphatic carbocycles. The molecule has 5 aromatic rings. The van der Waals surface area contributed by atoms with Crippen LogP contribution in [0.1, 0.15) is 67.8 Å². The number of aromatic nitrogens is 9. The van der Waals surface area contributed by atoms with Crippen molar-refractivity contribution in [3.8, 4) is 28.2 Å². The quantitative estimate of drug-likeness (QED) is 0.0606. The Morgan fingerprint density at radius 1 is 0.808 bits per heavy atom. The third kappa shape index (κ3) is 11.2. The Kier molecular flexibility index (Phi) is 14.9. The molecule has 0 bridgehead atoms. The van der Waals surface area contributed by atoms with Crippen LogP contribution in [0.3, 0.4) is 0 Å². The number of carboxylic acid groups (broad SMARTS) is 1. The van der Waals surface area contributed by atoms with Crippen LogP contribution in [0.5, 0.6) is 5.75 Å². The lowest BCUT2D eigenvalue weighted by Crippen LogP contribution is -2.52. The Morgan fingerprint density at radius 3 is 2.19 bits per heavy atom. The molecule has 23 nitrogen and oxygen atoms in total. The topological polar surface area (TPSA) is 293 Å². The number of phenols is 1. The zero-order valence-corrected chi connectivity index (χ0v) is 41.0. The maximum absolute atomic E-state index is 14.3. The highest BCUT2D eigenvalue weighted by atomic mass is 16.4. The first-order chi connectivity index (χ1) is 35.2. The van der Waals surface area contributed by atoms with E-state index in [0.717, 1.165) is 31.4 Å². The lowest BCUT2D eigenvalue weighted by Gasteiger charge is -2.38. The van der Waals surface area contributed by atoms with E-state index in [1.54, 1.807) is 47.0 Å². The van der Waals surface area contributed by atoms with E-state index in [4.69, 9.17) is 25.1 Å². The molecule has 3 atom stereocenters. The van der Waals surface area contributed by atoms with Gasteiger partial charge in [-0.25, -0.2) is 14.2 Å². The molecule has 23 heteroatoms. The van der Waals surface area contributed by atoms with Gasteiger partial charge in [0.1, 0.15) is 29.7 Å². The first kappa shape index (κ1) is 49.9. The Hall–Kier alpha value is -8.05. The molecule has 0 saturated carbocycles. The summed E-state index contributed by atoms with van der Waals surface area (Å²) >= 11 is 0. The molecule has 2 fully saturated rings. The lowest BCUT2D eigenvalue weighted by molar-refractivity contribution is -0.137. The van der Waals surface area contributed by atoms with Crippen LogP contribution in [0.2, 0.25) is 0 Å². The largest absolute Gasteiger partial charge is 0.508 e. The molecule has 2 saturated heterocycles. The number of rotatable bonds is 18. The smallest absolute Gasteiger partial charge is 0.336 e. The molecule has 6 heterocycles. The van der Waals surface area contributed by atoms with E-state index in [1.165, 1.54) is 35.0 Å². The lowest BCUT2D eigenvalue weighted by atomic mass is 9.90. The highest BCUT2D eigenvalue weighted by molar-refractivity contribution is 6.08. The van der Waals surface area contributed by atoms with Crippen LogP contribution < -0.4 is 26.3 Å². The van der Waals surface area contributed by atoms with Crippen molar-refractivity contribution in [2.45, 2.75) is 71.6 Å². The molecule has 2 amide bonds. The van der Waals surface area contributed by atoms with E-state index in [1.807, 2.05) is 27.8 Å². The maximum atomic E-state index is 14.3. The van der Waals surface area contributed by atoms with Crippen molar-refractivity contribution < 1.29 is 34.1 Å². The van der Waals surface area contributed by atoms with Crippen molar-refractivity contribution in [2.24, 2.45) is 11.7 Å². The molecule has 3 aliphatic heterocycles. The van der Waals surface area contributed by atoms with E-state index in [2.05, 4.69) is 32.9 Å². The summed E-state index contributed by atoms with van der Waals surface area (Å²) in [6, 6.07) is 13.2. The van der Waals surface area contributed by atoms with E-state index in [0.29, 0.717) is 111 Å². The second kappa shape index (κ2) is 21.7. The number of aromatic carboxylic acids is 1. The van der Waals surface area contributed by atoms with Gasteiger partial charge in [-0.05, 0) is 80.6 Å². The molecule has 6 N–H and O–H groups in total. The molecule has 73 heavy (non-hydrogen) atoms. The van der Waals surface area contributed by atoms with Gasteiger partial charge in [0.05, 0.1) is 23.1 Å². The van der Waals surface area contributed by atoms with Gasteiger partial charge in [-0.2, -0.15) is 15.0 Å². The molecule has 0 spiro atoms. The summed E-state index contributed by atoms with van der Waals surface area (Å²) in [5, 5.41) is 51.4. The number of fused-ring (bicyclic) bond motifs is 2. The van der Waals surface area contributed by atoms with Crippen LogP contribution in [0, 0.1) is 5.92 Å². The summed E-state index contributed by atoms with van der Waals surface area (Å²) in [5.41, 5.74) is 8.73. The molecule has 1 unspecified atom stereocenters. The molecular weight excluding hydrogens is 939 g/mol. The Labute approximate surface area is 419 Å². The number of benzene rings is 3. The van der Waals surface area contributed by atoms with Gasteiger partial charge >= 0.3 is 5.97 Å². The van der Waals surface area contributed by atoms with E-state index < -0.39 is 18.1 Å². The van der Waals surface area contributed by atoms with Gasteiger partial charge in [0.25, 0.3) is 0 Å². The van der Waals surface area contributed by atoms with Crippen molar-refractivity contribution in [1.29, 1.82) is 0 Å². The molecular formula is C50H59N15O8. The number of hydrogen-bond acceptors (Lipinski definition) is 18.